The molecule has 0 spiro atoms. The fraction of sp³-hybridized carbons (Fsp3) is 0.727. The molecule has 0 aromatic carbocycles. The Morgan fingerprint density at radius 2 is 1.65 bits per heavy atom. The highest BCUT2D eigenvalue weighted by molar-refractivity contribution is 8.10. The first-order chi connectivity index (χ1) is 18.4. The summed E-state index contributed by atoms with van der Waals surface area (Å²) in [6.07, 6.45) is -9.42. The summed E-state index contributed by atoms with van der Waals surface area (Å²) < 4.78 is 51.0. The summed E-state index contributed by atoms with van der Waals surface area (Å²) in [5.74, 6) is -1.64. The number of aromatic nitrogens is 2. The second-order valence-electron chi connectivity index (χ2n) is 9.74. The molecule has 1 fully saturated rings. The fourth-order valence-electron chi connectivity index (χ4n) is 3.60. The van der Waals surface area contributed by atoms with E-state index in [9.17, 15) is 33.4 Å². The van der Waals surface area contributed by atoms with Crippen molar-refractivity contribution >= 4 is 36.1 Å². The lowest BCUT2D eigenvalue weighted by Crippen LogP contribution is -2.53. The average Bonchev–Trinajstić information content (AvgIpc) is 3.08. The highest BCUT2D eigenvalue weighted by Gasteiger charge is 2.61. The van der Waals surface area contributed by atoms with Crippen molar-refractivity contribution in [1.82, 2.24) is 19.7 Å². The molecule has 0 radical (unpaired) electrons. The van der Waals surface area contributed by atoms with Crippen LogP contribution < -0.4 is 21.6 Å². The van der Waals surface area contributed by atoms with Gasteiger partial charge in [0.05, 0.1) is 18.8 Å². The van der Waals surface area contributed by atoms with Gasteiger partial charge in [-0.3, -0.25) is 14.2 Å². The number of halogens is 2. The van der Waals surface area contributed by atoms with Gasteiger partial charge < -0.3 is 34.7 Å². The van der Waals surface area contributed by atoms with Gasteiger partial charge in [0.15, 0.2) is 18.4 Å². The number of nitrogens with two attached hydrogens (primary N) is 1. The van der Waals surface area contributed by atoms with Gasteiger partial charge in [0, 0.05) is 6.20 Å². The Kier molecular flexibility index (Phi) is 11.7. The van der Waals surface area contributed by atoms with E-state index in [1.165, 1.54) is 19.9 Å². The lowest BCUT2D eigenvalue weighted by molar-refractivity contribution is -0.191. The molecule has 14 nitrogen and oxygen atoms in total. The summed E-state index contributed by atoms with van der Waals surface area (Å²) in [6.45, 7) is 4.33. The minimum absolute atomic E-state index is 0.161. The number of anilines is 1. The number of carbonyl (C=O) groups is 2. The molecule has 1 aromatic heterocycles. The van der Waals surface area contributed by atoms with Crippen LogP contribution in [0, 0.1) is 0 Å². The molecule has 1 aliphatic heterocycles. The quantitative estimate of drug-likeness (QED) is 0.149. The first-order valence-electron chi connectivity index (χ1n) is 12.3. The van der Waals surface area contributed by atoms with E-state index in [1.54, 1.807) is 27.7 Å². The van der Waals surface area contributed by atoms with E-state index in [0.717, 1.165) is 6.20 Å². The monoisotopic (exact) mass is 615 g/mol. The molecule has 1 saturated heterocycles. The number of nitrogens with zero attached hydrogens (tertiary/aromatic N) is 2. The van der Waals surface area contributed by atoms with Crippen molar-refractivity contribution in [3.05, 3.63) is 22.7 Å². The first-order valence-corrected chi connectivity index (χ1v) is 15.0. The molecule has 0 amide bonds. The molecule has 1 aliphatic rings. The summed E-state index contributed by atoms with van der Waals surface area (Å²) >= 11 is 5.54. The van der Waals surface area contributed by atoms with E-state index in [0.29, 0.717) is 4.57 Å². The van der Waals surface area contributed by atoms with Crippen molar-refractivity contribution in [2.45, 2.75) is 96.3 Å². The van der Waals surface area contributed by atoms with Gasteiger partial charge in [-0.15, -0.1) is 0 Å². The van der Waals surface area contributed by atoms with Crippen molar-refractivity contribution < 1.29 is 47.3 Å². The second-order valence-corrected chi connectivity index (χ2v) is 13.2. The number of nitrogens with one attached hydrogen (secondary N) is 2. The summed E-state index contributed by atoms with van der Waals surface area (Å²) in [6, 6.07) is -1.07. The van der Waals surface area contributed by atoms with Gasteiger partial charge in [0.25, 0.3) is 6.43 Å². The number of alkyl halides is 2. The third-order valence-corrected chi connectivity index (χ3v) is 8.46. The molecule has 0 bridgehead atoms. The van der Waals surface area contributed by atoms with E-state index in [-0.39, 0.29) is 5.82 Å². The number of carbonyl (C=O) groups excluding carboxylic acids is 2. The van der Waals surface area contributed by atoms with Crippen LogP contribution >= 0.6 is 6.57 Å². The van der Waals surface area contributed by atoms with Gasteiger partial charge in [-0.25, -0.2) is 23.7 Å². The van der Waals surface area contributed by atoms with Crippen molar-refractivity contribution in [2.24, 2.45) is 0 Å². The van der Waals surface area contributed by atoms with Crippen LogP contribution in [0.15, 0.2) is 17.1 Å². The van der Waals surface area contributed by atoms with Crippen LogP contribution in [0.5, 0.6) is 0 Å². The standard InChI is InChI=1S/C22H36F2N5O9PS/c1-10(2)36-18(32)12(5)27-39(40,28-13(6)19(33)37-11(3)4)35-9-22(20(23)24)16(31)15(30)17(38-22)29-8-7-14(25)26-21(29)34/h7-8,10-13,15-17,20,30-31H,9H2,1-6H3,(H2,25,26,34)(H2,27,28,40)/t12-,13+,15-,16-,17+,22+,39?/m1/s1. The number of hydrogen-bond acceptors (Lipinski definition) is 12. The van der Waals surface area contributed by atoms with E-state index in [2.05, 4.69) is 15.2 Å². The largest absolute Gasteiger partial charge is 0.462 e. The van der Waals surface area contributed by atoms with Gasteiger partial charge in [0.2, 0.25) is 0 Å². The van der Waals surface area contributed by atoms with Gasteiger partial charge >= 0.3 is 17.6 Å². The predicted octanol–water partition coefficient (Wildman–Crippen LogP) is 0.181. The molecule has 7 atom stereocenters. The molecule has 18 heteroatoms. The topological polar surface area (TPSA) is 196 Å². The zero-order valence-corrected chi connectivity index (χ0v) is 24.5. The van der Waals surface area contributed by atoms with Crippen LogP contribution in [0.4, 0.5) is 14.6 Å². The number of ether oxygens (including phenoxy) is 3. The number of nitrogen functional groups attached to an aromatic ring is 1. The number of aliphatic hydroxyl groups is 2. The maximum Gasteiger partial charge on any atom is 0.351 e. The van der Waals surface area contributed by atoms with Crippen LogP contribution in [0.2, 0.25) is 0 Å². The third-order valence-electron chi connectivity index (χ3n) is 5.56. The second kappa shape index (κ2) is 13.7. The minimum atomic E-state index is -3.79. The SMILES string of the molecule is CC(C)OC(=O)[C@H](C)NP(=S)(N[C@H](C)C(=O)OC(C)C)OC[C@]1(C(F)F)O[C@H](n2ccc(N)nc2=O)[C@H](O)[C@H]1O. The maximum atomic E-state index is 14.5. The normalized spacial score (nSPS) is 26.1. The highest BCUT2D eigenvalue weighted by atomic mass is 32.4. The smallest absolute Gasteiger partial charge is 0.351 e. The van der Waals surface area contributed by atoms with Crippen molar-refractivity contribution in [2.75, 3.05) is 12.3 Å². The Bertz CT molecular complexity index is 1130. The molecular formula is C22H36F2N5O9PS. The Hall–Kier alpha value is -2.11. The van der Waals surface area contributed by atoms with Crippen LogP contribution in [0.3, 0.4) is 0 Å². The van der Waals surface area contributed by atoms with E-state index in [1.807, 2.05) is 0 Å². The molecule has 0 saturated carbocycles. The predicted molar refractivity (Wildman–Crippen MR) is 142 cm³/mol. The molecule has 2 heterocycles. The molecule has 40 heavy (non-hydrogen) atoms. The Morgan fingerprint density at radius 1 is 1.15 bits per heavy atom. The Morgan fingerprint density at radius 3 is 2.08 bits per heavy atom. The van der Waals surface area contributed by atoms with E-state index >= 15 is 0 Å². The van der Waals surface area contributed by atoms with Crippen molar-refractivity contribution in [1.29, 1.82) is 0 Å². The van der Waals surface area contributed by atoms with Gasteiger partial charge in [-0.2, -0.15) is 4.98 Å². The van der Waals surface area contributed by atoms with Gasteiger partial charge in [-0.05, 0) is 59.4 Å². The number of rotatable bonds is 13. The molecule has 6 N–H and O–H groups in total. The third kappa shape index (κ3) is 8.22. The summed E-state index contributed by atoms with van der Waals surface area (Å²) in [5, 5.41) is 26.6. The molecule has 0 aliphatic carbocycles. The van der Waals surface area contributed by atoms with E-state index < -0.39 is 85.6 Å². The van der Waals surface area contributed by atoms with Crippen LogP contribution in [-0.4, -0.2) is 86.8 Å². The summed E-state index contributed by atoms with van der Waals surface area (Å²) in [5.41, 5.74) is 1.55. The molecule has 2 rings (SSSR count). The van der Waals surface area contributed by atoms with Gasteiger partial charge in [-0.1, -0.05) is 0 Å². The fourth-order valence-corrected chi connectivity index (χ4v) is 6.55. The zero-order chi connectivity index (χ0) is 30.6. The van der Waals surface area contributed by atoms with Crippen LogP contribution in [0.1, 0.15) is 47.8 Å². The summed E-state index contributed by atoms with van der Waals surface area (Å²) in [4.78, 5) is 40.6. The molecular weight excluding hydrogens is 579 g/mol. The van der Waals surface area contributed by atoms with Crippen LogP contribution in [-0.2, 0) is 40.1 Å². The Balaban J connectivity index is 2.38. The number of aliphatic hydroxyl groups excluding tert-OH is 2. The maximum absolute atomic E-state index is 14.5. The van der Waals surface area contributed by atoms with E-state index in [4.69, 9.17) is 36.3 Å². The number of hydrogen-bond donors (Lipinski definition) is 5. The van der Waals surface area contributed by atoms with Crippen molar-refractivity contribution in [3.63, 3.8) is 0 Å². The average molecular weight is 616 g/mol. The number of esters is 2. The molecule has 228 valence electrons. The molecule has 1 aromatic rings. The molecule has 1 unspecified atom stereocenters. The highest BCUT2D eigenvalue weighted by Crippen LogP contribution is 2.46. The van der Waals surface area contributed by atoms with Gasteiger partial charge in [0.1, 0.15) is 30.1 Å². The first kappa shape index (κ1) is 34.1. The summed E-state index contributed by atoms with van der Waals surface area (Å²) in [7, 11) is 0. The Labute approximate surface area is 234 Å². The van der Waals surface area contributed by atoms with Crippen LogP contribution in [0.25, 0.3) is 0 Å². The lowest BCUT2D eigenvalue weighted by Gasteiger charge is -2.35. The zero-order valence-electron chi connectivity index (χ0n) is 22.8. The minimum Gasteiger partial charge on any atom is -0.462 e. The lowest BCUT2D eigenvalue weighted by atomic mass is 9.96. The van der Waals surface area contributed by atoms with Crippen molar-refractivity contribution in [3.8, 4) is 0 Å².